The van der Waals surface area contributed by atoms with Gasteiger partial charge in [0, 0.05) is 0 Å². The van der Waals surface area contributed by atoms with Gasteiger partial charge in [0.15, 0.2) is 0 Å². The number of allylic oxidation sites excluding steroid dienone is 1. The summed E-state index contributed by atoms with van der Waals surface area (Å²) in [5, 5.41) is 0. The molecular weight excluding hydrogens is 150 g/mol. The molecule has 0 spiro atoms. The van der Waals surface area contributed by atoms with E-state index < -0.39 is 12.5 Å². The first kappa shape index (κ1) is 10.5. The molecule has 0 saturated carbocycles. The van der Waals surface area contributed by atoms with Gasteiger partial charge in [0.25, 0.3) is 6.43 Å². The summed E-state index contributed by atoms with van der Waals surface area (Å²) in [6.07, 6.45) is -1.48. The number of alkyl halides is 2. The van der Waals surface area contributed by atoms with Crippen LogP contribution in [0.2, 0.25) is 0 Å². The van der Waals surface area contributed by atoms with Crippen molar-refractivity contribution in [3.8, 4) is 0 Å². The highest BCUT2D eigenvalue weighted by Crippen LogP contribution is 2.10. The van der Waals surface area contributed by atoms with Gasteiger partial charge in [-0.1, -0.05) is 5.57 Å². The minimum absolute atomic E-state index is 0.337. The van der Waals surface area contributed by atoms with Gasteiger partial charge in [-0.3, -0.25) is 11.3 Å². The van der Waals surface area contributed by atoms with Crippen LogP contribution in [-0.4, -0.2) is 12.5 Å². The Morgan fingerprint density at radius 1 is 1.64 bits per heavy atom. The summed E-state index contributed by atoms with van der Waals surface area (Å²) in [5.74, 6) is 4.90. The van der Waals surface area contributed by atoms with E-state index in [1.807, 2.05) is 0 Å². The molecule has 2 nitrogen and oxygen atoms in total. The summed E-state index contributed by atoms with van der Waals surface area (Å²) >= 11 is 0. The van der Waals surface area contributed by atoms with Gasteiger partial charge < -0.3 is 0 Å². The van der Waals surface area contributed by atoms with Crippen LogP contribution in [0.15, 0.2) is 12.2 Å². The molecule has 0 saturated heterocycles. The Balaban J connectivity index is 3.61. The Hall–Kier alpha value is -0.480. The fourth-order valence-electron chi connectivity index (χ4n) is 0.684. The molecule has 0 fully saturated rings. The zero-order valence-corrected chi connectivity index (χ0v) is 6.61. The third-order valence-corrected chi connectivity index (χ3v) is 1.40. The molecule has 0 aromatic rings. The Morgan fingerprint density at radius 3 is 2.45 bits per heavy atom. The lowest BCUT2D eigenvalue weighted by Crippen LogP contribution is -2.40. The summed E-state index contributed by atoms with van der Waals surface area (Å²) in [5.41, 5.74) is 2.96. The van der Waals surface area contributed by atoms with E-state index in [0.717, 1.165) is 5.57 Å². The van der Waals surface area contributed by atoms with Crippen molar-refractivity contribution in [2.24, 2.45) is 5.84 Å². The molecule has 0 aromatic heterocycles. The summed E-state index contributed by atoms with van der Waals surface area (Å²) in [4.78, 5) is 0. The lowest BCUT2D eigenvalue weighted by molar-refractivity contribution is 0.0945. The van der Waals surface area contributed by atoms with Crippen LogP contribution < -0.4 is 11.3 Å². The van der Waals surface area contributed by atoms with Crippen LogP contribution in [0.3, 0.4) is 0 Å². The Morgan fingerprint density at radius 2 is 2.18 bits per heavy atom. The molecule has 0 aliphatic heterocycles. The molecule has 1 atom stereocenters. The first-order valence-electron chi connectivity index (χ1n) is 3.46. The van der Waals surface area contributed by atoms with E-state index in [4.69, 9.17) is 5.84 Å². The van der Waals surface area contributed by atoms with E-state index in [1.165, 1.54) is 0 Å². The molecule has 4 heteroatoms. The summed E-state index contributed by atoms with van der Waals surface area (Å²) in [6.45, 7) is 5.41. The molecule has 0 aromatic carbocycles. The molecule has 0 heterocycles. The molecule has 3 N–H and O–H groups in total. The van der Waals surface area contributed by atoms with Gasteiger partial charge in [-0.2, -0.15) is 0 Å². The van der Waals surface area contributed by atoms with Crippen molar-refractivity contribution in [1.82, 2.24) is 5.43 Å². The van der Waals surface area contributed by atoms with E-state index in [1.54, 1.807) is 6.92 Å². The van der Waals surface area contributed by atoms with Crippen LogP contribution in [0, 0.1) is 0 Å². The molecule has 11 heavy (non-hydrogen) atoms. The van der Waals surface area contributed by atoms with E-state index in [2.05, 4.69) is 12.0 Å². The van der Waals surface area contributed by atoms with Crippen molar-refractivity contribution in [1.29, 1.82) is 0 Å². The van der Waals surface area contributed by atoms with Gasteiger partial charge in [0.1, 0.15) is 0 Å². The average molecular weight is 164 g/mol. The molecule has 1 unspecified atom stereocenters. The first-order valence-corrected chi connectivity index (χ1v) is 3.46. The number of nitrogens with two attached hydrogens (primary N) is 1. The highest BCUT2D eigenvalue weighted by molar-refractivity contribution is 4.89. The second kappa shape index (κ2) is 5.21. The maximum atomic E-state index is 12.0. The van der Waals surface area contributed by atoms with Crippen LogP contribution >= 0.6 is 0 Å². The van der Waals surface area contributed by atoms with Crippen LogP contribution in [0.25, 0.3) is 0 Å². The van der Waals surface area contributed by atoms with Gasteiger partial charge in [-0.25, -0.2) is 8.78 Å². The Bertz CT molecular complexity index is 126. The zero-order chi connectivity index (χ0) is 8.85. The third-order valence-electron chi connectivity index (χ3n) is 1.40. The molecule has 0 aliphatic carbocycles. The monoisotopic (exact) mass is 164 g/mol. The van der Waals surface area contributed by atoms with E-state index >= 15 is 0 Å². The van der Waals surface area contributed by atoms with Crippen molar-refractivity contribution < 1.29 is 8.78 Å². The number of nitrogens with one attached hydrogen (secondary N) is 1. The van der Waals surface area contributed by atoms with Crippen LogP contribution in [0.4, 0.5) is 8.78 Å². The fraction of sp³-hybridized carbons (Fsp3) is 0.714. The number of rotatable bonds is 5. The zero-order valence-electron chi connectivity index (χ0n) is 6.61. The lowest BCUT2D eigenvalue weighted by Gasteiger charge is -2.13. The Kier molecular flexibility index (Phi) is 4.98. The summed E-state index contributed by atoms with van der Waals surface area (Å²) < 4.78 is 24.0. The molecule has 0 rings (SSSR count). The minimum atomic E-state index is -2.40. The Labute approximate surface area is 65.4 Å². The molecule has 0 amide bonds. The first-order chi connectivity index (χ1) is 5.07. The molecule has 66 valence electrons. The van der Waals surface area contributed by atoms with Gasteiger partial charge in [0.2, 0.25) is 0 Å². The highest BCUT2D eigenvalue weighted by atomic mass is 19.3. The summed E-state index contributed by atoms with van der Waals surface area (Å²) in [7, 11) is 0. The van der Waals surface area contributed by atoms with Crippen molar-refractivity contribution in [3.05, 3.63) is 12.2 Å². The predicted octanol–water partition coefficient (Wildman–Crippen LogP) is 1.44. The standard InChI is InChI=1S/C7H14F2N2/c1-5(2)3-4-6(11-10)7(8)9/h6-7,11H,1,3-4,10H2,2H3. The van der Waals surface area contributed by atoms with Gasteiger partial charge in [0.05, 0.1) is 6.04 Å². The smallest absolute Gasteiger partial charge is 0.255 e. The third kappa shape index (κ3) is 4.86. The van der Waals surface area contributed by atoms with Crippen molar-refractivity contribution in [2.75, 3.05) is 0 Å². The number of hydrazine groups is 1. The second-order valence-electron chi connectivity index (χ2n) is 2.60. The van der Waals surface area contributed by atoms with E-state index in [9.17, 15) is 8.78 Å². The quantitative estimate of drug-likeness (QED) is 0.366. The summed E-state index contributed by atoms with van der Waals surface area (Å²) in [6, 6.07) is -0.910. The van der Waals surface area contributed by atoms with Crippen molar-refractivity contribution >= 4 is 0 Å². The maximum absolute atomic E-state index is 12.0. The molecule has 0 bridgehead atoms. The van der Waals surface area contributed by atoms with Gasteiger partial charge >= 0.3 is 0 Å². The average Bonchev–Trinajstić information content (AvgIpc) is 1.87. The van der Waals surface area contributed by atoms with Crippen molar-refractivity contribution in [3.63, 3.8) is 0 Å². The predicted molar refractivity (Wildman–Crippen MR) is 41.2 cm³/mol. The number of halogens is 2. The van der Waals surface area contributed by atoms with E-state index in [-0.39, 0.29) is 0 Å². The number of hydrogen-bond donors (Lipinski definition) is 2. The van der Waals surface area contributed by atoms with E-state index in [0.29, 0.717) is 12.8 Å². The number of hydrogen-bond acceptors (Lipinski definition) is 2. The minimum Gasteiger partial charge on any atom is -0.271 e. The van der Waals surface area contributed by atoms with Crippen LogP contribution in [0.1, 0.15) is 19.8 Å². The molecule has 0 radical (unpaired) electrons. The normalized spacial score (nSPS) is 13.5. The van der Waals surface area contributed by atoms with Crippen molar-refractivity contribution in [2.45, 2.75) is 32.2 Å². The maximum Gasteiger partial charge on any atom is 0.255 e. The van der Waals surface area contributed by atoms with Crippen LogP contribution in [-0.2, 0) is 0 Å². The van der Waals surface area contributed by atoms with Crippen LogP contribution in [0.5, 0.6) is 0 Å². The topological polar surface area (TPSA) is 38.0 Å². The lowest BCUT2D eigenvalue weighted by atomic mass is 10.1. The SMILES string of the molecule is C=C(C)CCC(NN)C(F)F. The largest absolute Gasteiger partial charge is 0.271 e. The molecule has 0 aliphatic rings. The van der Waals surface area contributed by atoms with Gasteiger partial charge in [-0.05, 0) is 19.8 Å². The molecular formula is C7H14F2N2. The highest BCUT2D eigenvalue weighted by Gasteiger charge is 2.17. The van der Waals surface area contributed by atoms with Gasteiger partial charge in [-0.15, -0.1) is 6.58 Å². The second-order valence-corrected chi connectivity index (χ2v) is 2.60. The fourth-order valence-corrected chi connectivity index (χ4v) is 0.684.